The van der Waals surface area contributed by atoms with Gasteiger partial charge in [0, 0.05) is 16.7 Å². The van der Waals surface area contributed by atoms with E-state index in [1.54, 1.807) is 36.4 Å². The van der Waals surface area contributed by atoms with Crippen LogP contribution in [0.4, 0.5) is 8.78 Å². The maximum absolute atomic E-state index is 13.2. The fourth-order valence-electron chi connectivity index (χ4n) is 2.53. The zero-order chi connectivity index (χ0) is 23.7. The molecule has 0 fully saturated rings. The number of methoxy groups -OCH3 is 1. The smallest absolute Gasteiger partial charge is 0.330 e. The lowest BCUT2D eigenvalue weighted by Gasteiger charge is -2.31. The molecule has 4 N–H and O–H groups in total. The normalized spacial score (nSPS) is 13.0. The number of carbonyl (C=O) groups excluding carboxylic acids is 2. The Kier molecular flexibility index (Phi) is 8.48. The molecule has 0 aromatic heterocycles. The summed E-state index contributed by atoms with van der Waals surface area (Å²) >= 11 is 0. The lowest BCUT2D eigenvalue weighted by molar-refractivity contribution is -0.146. The van der Waals surface area contributed by atoms with Gasteiger partial charge in [-0.25, -0.2) is 13.6 Å². The highest BCUT2D eigenvalue weighted by molar-refractivity contribution is 5.97. The molecule has 6 nitrogen and oxygen atoms in total. The molecule has 32 heavy (non-hydrogen) atoms. The van der Waals surface area contributed by atoms with Crippen LogP contribution in [0.2, 0.25) is 0 Å². The number of amides is 1. The Labute approximate surface area is 184 Å². The SMILES string of the molecule is COC(=O)[C@@H](NC(=O)c1ccc(C#CC#Cc2ccc(CO)cc2)cc1)[C@](C)(N)C(F)F. The van der Waals surface area contributed by atoms with Crippen LogP contribution >= 0.6 is 0 Å². The zero-order valence-corrected chi connectivity index (χ0v) is 17.5. The third-order valence-corrected chi connectivity index (χ3v) is 4.56. The summed E-state index contributed by atoms with van der Waals surface area (Å²) in [6.07, 6.45) is -3.07. The number of rotatable bonds is 6. The lowest BCUT2D eigenvalue weighted by Crippen LogP contribution is -2.64. The first kappa shape index (κ1) is 24.5. The van der Waals surface area contributed by atoms with Gasteiger partial charge in [-0.1, -0.05) is 24.0 Å². The van der Waals surface area contributed by atoms with Crippen molar-refractivity contribution in [3.8, 4) is 23.7 Å². The third-order valence-electron chi connectivity index (χ3n) is 4.56. The molecule has 1 amide bonds. The molecular formula is C24H22F2N2O4. The number of aliphatic hydroxyl groups is 1. The fourth-order valence-corrected chi connectivity index (χ4v) is 2.53. The van der Waals surface area contributed by atoms with Gasteiger partial charge < -0.3 is 20.9 Å². The van der Waals surface area contributed by atoms with Crippen LogP contribution in [0, 0.1) is 23.7 Å². The van der Waals surface area contributed by atoms with Crippen molar-refractivity contribution >= 4 is 11.9 Å². The maximum Gasteiger partial charge on any atom is 0.330 e. The minimum atomic E-state index is -3.07. The average molecular weight is 440 g/mol. The molecule has 2 aromatic rings. The molecular weight excluding hydrogens is 418 g/mol. The van der Waals surface area contributed by atoms with Crippen LogP contribution in [-0.4, -0.2) is 42.1 Å². The fraction of sp³-hybridized carbons (Fsp3) is 0.250. The molecule has 0 aliphatic rings. The minimum absolute atomic E-state index is 0.0391. The van der Waals surface area contributed by atoms with Gasteiger partial charge in [-0.15, -0.1) is 0 Å². The number of benzene rings is 2. The number of aliphatic hydroxyl groups excluding tert-OH is 1. The highest BCUT2D eigenvalue weighted by Gasteiger charge is 2.45. The topological polar surface area (TPSA) is 102 Å². The molecule has 0 spiro atoms. The molecule has 0 aliphatic carbocycles. The van der Waals surface area contributed by atoms with Crippen LogP contribution in [0.5, 0.6) is 0 Å². The molecule has 0 heterocycles. The Bertz CT molecular complexity index is 1070. The number of nitrogens with two attached hydrogens (primary N) is 1. The molecule has 2 aromatic carbocycles. The first-order valence-electron chi connectivity index (χ1n) is 9.46. The van der Waals surface area contributed by atoms with Crippen LogP contribution in [-0.2, 0) is 16.1 Å². The quantitative estimate of drug-likeness (QED) is 0.470. The molecule has 166 valence electrons. The largest absolute Gasteiger partial charge is 0.467 e. The van der Waals surface area contributed by atoms with E-state index in [1.165, 1.54) is 12.1 Å². The van der Waals surface area contributed by atoms with E-state index >= 15 is 0 Å². The summed E-state index contributed by atoms with van der Waals surface area (Å²) in [5.74, 6) is 9.26. The second kappa shape index (κ2) is 11.1. The van der Waals surface area contributed by atoms with Crippen LogP contribution in [0.25, 0.3) is 0 Å². The predicted octanol–water partition coefficient (Wildman–Crippen LogP) is 1.84. The third kappa shape index (κ3) is 6.39. The van der Waals surface area contributed by atoms with E-state index in [-0.39, 0.29) is 12.2 Å². The highest BCUT2D eigenvalue weighted by Crippen LogP contribution is 2.18. The average Bonchev–Trinajstić information content (AvgIpc) is 2.80. The molecule has 0 unspecified atom stereocenters. The number of hydrogen-bond donors (Lipinski definition) is 3. The Hall–Kier alpha value is -3.72. The van der Waals surface area contributed by atoms with Gasteiger partial charge in [0.05, 0.1) is 13.7 Å². The minimum Gasteiger partial charge on any atom is -0.467 e. The van der Waals surface area contributed by atoms with E-state index in [0.717, 1.165) is 25.2 Å². The molecule has 2 atom stereocenters. The van der Waals surface area contributed by atoms with Crippen molar-refractivity contribution in [1.82, 2.24) is 5.32 Å². The van der Waals surface area contributed by atoms with E-state index in [2.05, 4.69) is 33.7 Å². The molecule has 0 radical (unpaired) electrons. The molecule has 2 rings (SSSR count). The Morgan fingerprint density at radius 2 is 1.56 bits per heavy atom. The maximum atomic E-state index is 13.2. The van der Waals surface area contributed by atoms with Crippen LogP contribution < -0.4 is 11.1 Å². The highest BCUT2D eigenvalue weighted by atomic mass is 19.3. The Morgan fingerprint density at radius 1 is 1.06 bits per heavy atom. The summed E-state index contributed by atoms with van der Waals surface area (Å²) in [5.41, 5.74) is 5.47. The molecule has 0 saturated carbocycles. The number of hydrogen-bond acceptors (Lipinski definition) is 5. The number of alkyl halides is 2. The van der Waals surface area contributed by atoms with Gasteiger partial charge >= 0.3 is 5.97 Å². The first-order chi connectivity index (χ1) is 15.2. The van der Waals surface area contributed by atoms with Gasteiger partial charge in [0.15, 0.2) is 6.04 Å². The van der Waals surface area contributed by atoms with E-state index in [4.69, 9.17) is 10.8 Å². The van der Waals surface area contributed by atoms with E-state index in [9.17, 15) is 18.4 Å². The van der Waals surface area contributed by atoms with Gasteiger partial charge in [0.2, 0.25) is 0 Å². The summed E-state index contributed by atoms with van der Waals surface area (Å²) < 4.78 is 31.0. The number of nitrogens with one attached hydrogen (secondary N) is 1. The van der Waals surface area contributed by atoms with Gasteiger partial charge in [-0.05, 0) is 60.7 Å². The van der Waals surface area contributed by atoms with Crippen molar-refractivity contribution in [2.75, 3.05) is 7.11 Å². The Morgan fingerprint density at radius 3 is 2.00 bits per heavy atom. The van der Waals surface area contributed by atoms with Gasteiger partial charge in [0.1, 0.15) is 5.54 Å². The first-order valence-corrected chi connectivity index (χ1v) is 9.46. The number of ether oxygens (including phenoxy) is 1. The molecule has 0 saturated heterocycles. The van der Waals surface area contributed by atoms with Crippen molar-refractivity contribution < 1.29 is 28.2 Å². The summed E-state index contributed by atoms with van der Waals surface area (Å²) in [5, 5.41) is 11.2. The van der Waals surface area contributed by atoms with Crippen LogP contribution in [0.1, 0.15) is 34.0 Å². The predicted molar refractivity (Wildman–Crippen MR) is 114 cm³/mol. The Balaban J connectivity index is 2.08. The number of esters is 1. The van der Waals surface area contributed by atoms with Crippen LogP contribution in [0.3, 0.4) is 0 Å². The number of carbonyl (C=O) groups is 2. The number of halogens is 2. The monoisotopic (exact) mass is 440 g/mol. The molecule has 0 bridgehead atoms. The summed E-state index contributed by atoms with van der Waals surface area (Å²) in [7, 11) is 1.02. The van der Waals surface area contributed by atoms with E-state index in [1.807, 2.05) is 0 Å². The standard InChI is InChI=1S/C24H22F2N2O4/c1-24(27,23(25)26)20(22(31)32-2)28-21(30)19-13-11-17(12-14-19)6-4-3-5-16-7-9-18(15-29)10-8-16/h7-14,20,23,29H,15,27H2,1-2H3,(H,28,30)/t20-,24+/m1/s1. The summed E-state index contributed by atoms with van der Waals surface area (Å²) in [4.78, 5) is 24.3. The lowest BCUT2D eigenvalue weighted by atomic mass is 9.93. The van der Waals surface area contributed by atoms with Crippen molar-refractivity contribution in [3.63, 3.8) is 0 Å². The molecule has 8 heteroatoms. The van der Waals surface area contributed by atoms with Gasteiger partial charge in [0.25, 0.3) is 12.3 Å². The van der Waals surface area contributed by atoms with E-state index in [0.29, 0.717) is 5.56 Å². The summed E-state index contributed by atoms with van der Waals surface area (Å²) in [6, 6.07) is 11.3. The van der Waals surface area contributed by atoms with Gasteiger partial charge in [-0.2, -0.15) is 0 Å². The van der Waals surface area contributed by atoms with E-state index < -0.39 is 29.9 Å². The van der Waals surface area contributed by atoms with Crippen molar-refractivity contribution in [2.45, 2.75) is 31.5 Å². The van der Waals surface area contributed by atoms with Gasteiger partial charge in [-0.3, -0.25) is 4.79 Å². The van der Waals surface area contributed by atoms with Crippen molar-refractivity contribution in [3.05, 3.63) is 70.8 Å². The zero-order valence-electron chi connectivity index (χ0n) is 17.5. The second-order valence-corrected chi connectivity index (χ2v) is 7.03. The summed E-state index contributed by atoms with van der Waals surface area (Å²) in [6.45, 7) is 0.920. The second-order valence-electron chi connectivity index (χ2n) is 7.03. The molecule has 0 aliphatic heterocycles. The van der Waals surface area contributed by atoms with Crippen LogP contribution in [0.15, 0.2) is 48.5 Å². The van der Waals surface area contributed by atoms with Crippen molar-refractivity contribution in [2.24, 2.45) is 5.73 Å². The van der Waals surface area contributed by atoms with Crippen molar-refractivity contribution in [1.29, 1.82) is 0 Å².